The van der Waals surface area contributed by atoms with Gasteiger partial charge >= 0.3 is 0 Å². The minimum atomic E-state index is 1.08. The minimum Gasteiger partial charge on any atom is -0.310 e. The molecule has 0 saturated carbocycles. The molecular weight excluding hydrogens is 414 g/mol. The fourth-order valence-corrected chi connectivity index (χ4v) is 4.93. The number of para-hydroxylation sites is 1. The molecule has 0 N–H and O–H groups in total. The molecule has 1 aromatic heterocycles. The van der Waals surface area contributed by atoms with Gasteiger partial charge in [0.15, 0.2) is 0 Å². The van der Waals surface area contributed by atoms with Crippen LogP contribution in [0.25, 0.3) is 20.2 Å². The maximum Gasteiger partial charge on any atom is 0.0554 e. The zero-order valence-corrected chi connectivity index (χ0v) is 16.9. The van der Waals surface area contributed by atoms with Gasteiger partial charge in [0, 0.05) is 36.0 Å². The van der Waals surface area contributed by atoms with Crippen molar-refractivity contribution in [3.8, 4) is 0 Å². The highest BCUT2D eigenvalue weighted by atomic mass is 79.9. The number of rotatable bonds is 3. The highest BCUT2D eigenvalue weighted by Gasteiger charge is 2.17. The molecule has 0 aliphatic carbocycles. The Balaban J connectivity index is 1.83. The van der Waals surface area contributed by atoms with Crippen molar-refractivity contribution in [2.24, 2.45) is 0 Å². The van der Waals surface area contributed by atoms with E-state index in [1.807, 2.05) is 11.3 Å². The van der Waals surface area contributed by atoms with Crippen LogP contribution in [0, 0.1) is 0 Å². The fraction of sp³-hybridized carbons (Fsp3) is 0. The maximum absolute atomic E-state index is 3.56. The fourth-order valence-electron chi connectivity index (χ4n) is 3.54. The lowest BCUT2D eigenvalue weighted by atomic mass is 10.1. The van der Waals surface area contributed by atoms with Crippen LogP contribution in [-0.4, -0.2) is 0 Å². The second-order valence-corrected chi connectivity index (χ2v) is 8.40. The first-order valence-electron chi connectivity index (χ1n) is 8.82. The number of hydrogen-bond acceptors (Lipinski definition) is 2. The Morgan fingerprint density at radius 1 is 0.593 bits per heavy atom. The third kappa shape index (κ3) is 2.93. The zero-order valence-electron chi connectivity index (χ0n) is 14.5. The molecule has 0 atom stereocenters. The highest BCUT2D eigenvalue weighted by molar-refractivity contribution is 9.10. The number of anilines is 3. The van der Waals surface area contributed by atoms with Gasteiger partial charge in [0.25, 0.3) is 0 Å². The molecule has 0 fully saturated rings. The van der Waals surface area contributed by atoms with Crippen molar-refractivity contribution >= 4 is 64.5 Å². The van der Waals surface area contributed by atoms with Crippen molar-refractivity contribution in [1.82, 2.24) is 0 Å². The molecule has 0 aliphatic rings. The summed E-state index contributed by atoms with van der Waals surface area (Å²) in [4.78, 5) is 2.34. The number of thiophene rings is 1. The summed E-state index contributed by atoms with van der Waals surface area (Å²) < 4.78 is 3.72. The van der Waals surface area contributed by atoms with Gasteiger partial charge in [0.2, 0.25) is 0 Å². The van der Waals surface area contributed by atoms with Crippen LogP contribution in [0.15, 0.2) is 102 Å². The second kappa shape index (κ2) is 6.84. The average molecular weight is 430 g/mol. The molecule has 1 heterocycles. The summed E-state index contributed by atoms with van der Waals surface area (Å²) in [5, 5.41) is 2.62. The molecule has 4 aromatic carbocycles. The van der Waals surface area contributed by atoms with Crippen LogP contribution in [0.4, 0.5) is 17.1 Å². The van der Waals surface area contributed by atoms with Gasteiger partial charge in [-0.1, -0.05) is 58.4 Å². The van der Waals surface area contributed by atoms with E-state index in [1.54, 1.807) is 0 Å². The topological polar surface area (TPSA) is 3.24 Å². The summed E-state index contributed by atoms with van der Waals surface area (Å²) in [6, 6.07) is 34.3. The van der Waals surface area contributed by atoms with E-state index in [4.69, 9.17) is 0 Å². The Bertz CT molecular complexity index is 1230. The van der Waals surface area contributed by atoms with Crippen LogP contribution in [0.3, 0.4) is 0 Å². The molecule has 5 aromatic rings. The lowest BCUT2D eigenvalue weighted by Crippen LogP contribution is -2.10. The molecule has 1 nitrogen and oxygen atoms in total. The molecule has 5 rings (SSSR count). The van der Waals surface area contributed by atoms with Crippen LogP contribution in [0.2, 0.25) is 0 Å². The van der Waals surface area contributed by atoms with E-state index in [0.717, 1.165) is 15.8 Å². The second-order valence-electron chi connectivity index (χ2n) is 6.40. The molecule has 0 radical (unpaired) electrons. The summed E-state index contributed by atoms with van der Waals surface area (Å²) in [7, 11) is 0. The number of fused-ring (bicyclic) bond motifs is 3. The predicted octanol–water partition coefficient (Wildman–Crippen LogP) is 8.29. The molecule has 3 heteroatoms. The molecule has 0 unspecified atom stereocenters. The molecule has 0 amide bonds. The molecule has 130 valence electrons. The Morgan fingerprint density at radius 2 is 1.26 bits per heavy atom. The van der Waals surface area contributed by atoms with Gasteiger partial charge in [0.1, 0.15) is 0 Å². The van der Waals surface area contributed by atoms with Crippen LogP contribution in [-0.2, 0) is 0 Å². The van der Waals surface area contributed by atoms with Gasteiger partial charge in [-0.25, -0.2) is 0 Å². The first-order chi connectivity index (χ1) is 13.3. The van der Waals surface area contributed by atoms with Crippen LogP contribution in [0.5, 0.6) is 0 Å². The van der Waals surface area contributed by atoms with E-state index in [0.29, 0.717) is 0 Å². The van der Waals surface area contributed by atoms with E-state index in [-0.39, 0.29) is 0 Å². The molecule has 27 heavy (non-hydrogen) atoms. The van der Waals surface area contributed by atoms with Gasteiger partial charge in [-0.2, -0.15) is 0 Å². The molecule has 0 aliphatic heterocycles. The van der Waals surface area contributed by atoms with Gasteiger partial charge in [-0.05, 0) is 54.6 Å². The third-order valence-electron chi connectivity index (χ3n) is 4.72. The van der Waals surface area contributed by atoms with Crippen molar-refractivity contribution in [2.75, 3.05) is 4.90 Å². The third-order valence-corrected chi connectivity index (χ3v) is 6.39. The van der Waals surface area contributed by atoms with E-state index < -0.39 is 0 Å². The summed E-state index contributed by atoms with van der Waals surface area (Å²) >= 11 is 5.41. The van der Waals surface area contributed by atoms with Crippen molar-refractivity contribution < 1.29 is 0 Å². The molecule has 0 spiro atoms. The van der Waals surface area contributed by atoms with Crippen molar-refractivity contribution in [1.29, 1.82) is 0 Å². The van der Waals surface area contributed by atoms with Crippen LogP contribution in [0.1, 0.15) is 0 Å². The van der Waals surface area contributed by atoms with Crippen LogP contribution >= 0.6 is 27.3 Å². The summed E-state index contributed by atoms with van der Waals surface area (Å²) in [5.41, 5.74) is 3.51. The SMILES string of the molecule is Brc1ccc(N(c2ccccc2)c2cccc3sc4ccccc4c23)cc1. The van der Waals surface area contributed by atoms with Gasteiger partial charge in [-0.15, -0.1) is 11.3 Å². The summed E-state index contributed by atoms with van der Waals surface area (Å²) in [6.45, 7) is 0. The Kier molecular flexibility index (Phi) is 4.19. The van der Waals surface area contributed by atoms with Gasteiger partial charge < -0.3 is 4.90 Å². The molecular formula is C24H16BrNS. The number of halogens is 1. The Morgan fingerprint density at radius 3 is 2.07 bits per heavy atom. The van der Waals surface area contributed by atoms with Crippen LogP contribution < -0.4 is 4.90 Å². The van der Waals surface area contributed by atoms with Crippen molar-refractivity contribution in [2.45, 2.75) is 0 Å². The quantitative estimate of drug-likeness (QED) is 0.278. The molecule has 0 saturated heterocycles. The smallest absolute Gasteiger partial charge is 0.0554 e. The normalized spacial score (nSPS) is 11.1. The summed E-state index contributed by atoms with van der Waals surface area (Å²) in [6.07, 6.45) is 0. The lowest BCUT2D eigenvalue weighted by Gasteiger charge is -2.26. The standard InChI is InChI=1S/C24H16BrNS/c25-17-13-15-19(16-14-17)26(18-7-2-1-3-8-18)21-10-6-12-23-24(21)20-9-4-5-11-22(20)27-23/h1-16H. The number of benzene rings is 4. The van der Waals surface area contributed by atoms with Crippen molar-refractivity contribution in [3.05, 3.63) is 102 Å². The van der Waals surface area contributed by atoms with Gasteiger partial charge in [-0.3, -0.25) is 0 Å². The zero-order chi connectivity index (χ0) is 18.2. The minimum absolute atomic E-state index is 1.08. The highest BCUT2D eigenvalue weighted by Crippen LogP contribution is 2.44. The lowest BCUT2D eigenvalue weighted by molar-refractivity contribution is 1.30. The Labute approximate surface area is 170 Å². The van der Waals surface area contributed by atoms with E-state index in [2.05, 4.69) is 118 Å². The Hall–Kier alpha value is -2.62. The first kappa shape index (κ1) is 16.5. The monoisotopic (exact) mass is 429 g/mol. The van der Waals surface area contributed by atoms with E-state index in [9.17, 15) is 0 Å². The largest absolute Gasteiger partial charge is 0.310 e. The van der Waals surface area contributed by atoms with Gasteiger partial charge in [0.05, 0.1) is 5.69 Å². The number of hydrogen-bond donors (Lipinski definition) is 0. The van der Waals surface area contributed by atoms with Crippen molar-refractivity contribution in [3.63, 3.8) is 0 Å². The summed E-state index contributed by atoms with van der Waals surface area (Å²) in [5.74, 6) is 0. The van der Waals surface area contributed by atoms with E-state index >= 15 is 0 Å². The number of nitrogens with zero attached hydrogens (tertiary/aromatic N) is 1. The average Bonchev–Trinajstić information content (AvgIpc) is 3.10. The molecule has 0 bridgehead atoms. The first-order valence-corrected chi connectivity index (χ1v) is 10.4. The predicted molar refractivity (Wildman–Crippen MR) is 122 cm³/mol. The van der Waals surface area contributed by atoms with E-state index in [1.165, 1.54) is 25.9 Å². The maximum atomic E-state index is 3.56.